The Hall–Kier alpha value is -1.29. The van der Waals surface area contributed by atoms with E-state index in [9.17, 15) is 4.79 Å². The van der Waals surface area contributed by atoms with E-state index in [4.69, 9.17) is 0 Å². The van der Waals surface area contributed by atoms with E-state index in [0.717, 1.165) is 15.7 Å². The summed E-state index contributed by atoms with van der Waals surface area (Å²) < 4.78 is 2.53. The number of hydrogen-bond donors (Lipinski definition) is 1. The summed E-state index contributed by atoms with van der Waals surface area (Å²) >= 11 is 3.48. The van der Waals surface area contributed by atoms with Crippen molar-refractivity contribution in [2.24, 2.45) is 0 Å². The molecule has 0 spiro atoms. The third-order valence-corrected chi connectivity index (χ3v) is 2.89. The lowest BCUT2D eigenvalue weighted by atomic mass is 10.1. The SMILES string of the molecule is Cc1cc(C)c(-n2cc[nH]c2=O)c(Br)c1. The number of aromatic nitrogens is 2. The van der Waals surface area contributed by atoms with Crippen LogP contribution in [0.1, 0.15) is 11.1 Å². The van der Waals surface area contributed by atoms with Crippen molar-refractivity contribution in [2.75, 3.05) is 0 Å². The van der Waals surface area contributed by atoms with Gasteiger partial charge in [-0.05, 0) is 47.0 Å². The zero-order valence-electron chi connectivity index (χ0n) is 8.54. The van der Waals surface area contributed by atoms with Crippen molar-refractivity contribution < 1.29 is 0 Å². The number of aryl methyl sites for hydroxylation is 2. The molecule has 0 atom stereocenters. The highest BCUT2D eigenvalue weighted by Gasteiger charge is 2.08. The zero-order chi connectivity index (χ0) is 11.0. The average Bonchev–Trinajstić information content (AvgIpc) is 2.50. The Balaban J connectivity index is 2.74. The highest BCUT2D eigenvalue weighted by atomic mass is 79.9. The number of H-pyrrole nitrogens is 1. The molecule has 0 aliphatic carbocycles. The summed E-state index contributed by atoms with van der Waals surface area (Å²) in [6.07, 6.45) is 3.36. The number of hydrogen-bond acceptors (Lipinski definition) is 1. The third-order valence-electron chi connectivity index (χ3n) is 2.29. The molecule has 1 N–H and O–H groups in total. The number of imidazole rings is 1. The van der Waals surface area contributed by atoms with Gasteiger partial charge in [-0.1, -0.05) is 6.07 Å². The van der Waals surface area contributed by atoms with Crippen LogP contribution in [0.25, 0.3) is 5.69 Å². The van der Waals surface area contributed by atoms with Crippen LogP contribution in [0, 0.1) is 13.8 Å². The summed E-state index contributed by atoms with van der Waals surface area (Å²) in [4.78, 5) is 14.1. The molecule has 15 heavy (non-hydrogen) atoms. The van der Waals surface area contributed by atoms with Gasteiger partial charge in [-0.25, -0.2) is 4.79 Å². The van der Waals surface area contributed by atoms with Crippen molar-refractivity contribution in [1.29, 1.82) is 0 Å². The van der Waals surface area contributed by atoms with Gasteiger partial charge in [-0.15, -0.1) is 0 Å². The fourth-order valence-electron chi connectivity index (χ4n) is 1.71. The lowest BCUT2D eigenvalue weighted by Crippen LogP contribution is -2.15. The Morgan fingerprint density at radius 3 is 2.60 bits per heavy atom. The molecule has 0 bridgehead atoms. The van der Waals surface area contributed by atoms with Gasteiger partial charge < -0.3 is 4.98 Å². The third kappa shape index (κ3) is 1.77. The van der Waals surface area contributed by atoms with E-state index in [-0.39, 0.29) is 5.69 Å². The van der Waals surface area contributed by atoms with E-state index in [1.807, 2.05) is 19.9 Å². The molecule has 0 aliphatic heterocycles. The molecule has 0 unspecified atom stereocenters. The summed E-state index contributed by atoms with van der Waals surface area (Å²) in [6, 6.07) is 4.06. The topological polar surface area (TPSA) is 37.8 Å². The summed E-state index contributed by atoms with van der Waals surface area (Å²) in [7, 11) is 0. The number of benzene rings is 1. The van der Waals surface area contributed by atoms with E-state index < -0.39 is 0 Å². The maximum Gasteiger partial charge on any atom is 0.330 e. The lowest BCUT2D eigenvalue weighted by molar-refractivity contribution is 0.968. The van der Waals surface area contributed by atoms with Crippen LogP contribution in [-0.2, 0) is 0 Å². The molecule has 2 rings (SSSR count). The number of halogens is 1. The normalized spacial score (nSPS) is 10.6. The van der Waals surface area contributed by atoms with Crippen molar-refractivity contribution in [3.63, 3.8) is 0 Å². The molecule has 3 nitrogen and oxygen atoms in total. The number of nitrogens with one attached hydrogen (secondary N) is 1. The lowest BCUT2D eigenvalue weighted by Gasteiger charge is -2.09. The highest BCUT2D eigenvalue weighted by Crippen LogP contribution is 2.25. The molecule has 0 saturated heterocycles. The Labute approximate surface area is 95.9 Å². The van der Waals surface area contributed by atoms with Crippen LogP contribution >= 0.6 is 15.9 Å². The minimum Gasteiger partial charge on any atom is -0.312 e. The second-order valence-corrected chi connectivity index (χ2v) is 4.40. The van der Waals surface area contributed by atoms with E-state index in [2.05, 4.69) is 27.0 Å². The first-order valence-electron chi connectivity index (χ1n) is 4.63. The number of aromatic amines is 1. The first kappa shape index (κ1) is 10.2. The Kier molecular flexibility index (Phi) is 2.52. The minimum atomic E-state index is -0.123. The summed E-state index contributed by atoms with van der Waals surface area (Å²) in [5.41, 5.74) is 3.02. The Morgan fingerprint density at radius 2 is 2.07 bits per heavy atom. The van der Waals surface area contributed by atoms with Crippen LogP contribution in [-0.4, -0.2) is 9.55 Å². The van der Waals surface area contributed by atoms with Crippen LogP contribution in [0.2, 0.25) is 0 Å². The molecule has 1 aromatic carbocycles. The Morgan fingerprint density at radius 1 is 1.33 bits per heavy atom. The fourth-order valence-corrected chi connectivity index (χ4v) is 2.57. The molecule has 2 aromatic rings. The van der Waals surface area contributed by atoms with Gasteiger partial charge in [0.25, 0.3) is 0 Å². The quantitative estimate of drug-likeness (QED) is 0.847. The molecule has 78 valence electrons. The van der Waals surface area contributed by atoms with Crippen LogP contribution in [0.15, 0.2) is 33.8 Å². The maximum absolute atomic E-state index is 11.5. The van der Waals surface area contributed by atoms with Crippen molar-refractivity contribution in [3.05, 3.63) is 50.6 Å². The van der Waals surface area contributed by atoms with Gasteiger partial charge in [0.1, 0.15) is 0 Å². The van der Waals surface area contributed by atoms with Gasteiger partial charge in [0.2, 0.25) is 0 Å². The largest absolute Gasteiger partial charge is 0.330 e. The predicted octanol–water partition coefficient (Wildman–Crippen LogP) is 2.54. The monoisotopic (exact) mass is 266 g/mol. The first-order valence-corrected chi connectivity index (χ1v) is 5.42. The van der Waals surface area contributed by atoms with Crippen molar-refractivity contribution in [3.8, 4) is 5.69 Å². The second-order valence-electron chi connectivity index (χ2n) is 3.55. The first-order chi connectivity index (χ1) is 7.09. The van der Waals surface area contributed by atoms with Crippen LogP contribution < -0.4 is 5.69 Å². The summed E-state index contributed by atoms with van der Waals surface area (Å²) in [6.45, 7) is 4.02. The molecule has 1 heterocycles. The number of rotatable bonds is 1. The molecular formula is C11H11BrN2O. The van der Waals surface area contributed by atoms with Crippen molar-refractivity contribution >= 4 is 15.9 Å². The van der Waals surface area contributed by atoms with Crippen LogP contribution in [0.5, 0.6) is 0 Å². The van der Waals surface area contributed by atoms with Gasteiger partial charge in [0.15, 0.2) is 0 Å². The molecule has 4 heteroatoms. The van der Waals surface area contributed by atoms with Gasteiger partial charge in [-0.2, -0.15) is 0 Å². The number of nitrogens with zero attached hydrogens (tertiary/aromatic N) is 1. The molecular weight excluding hydrogens is 256 g/mol. The molecule has 1 aromatic heterocycles. The molecule has 0 amide bonds. The van der Waals surface area contributed by atoms with Gasteiger partial charge >= 0.3 is 5.69 Å². The summed E-state index contributed by atoms with van der Waals surface area (Å²) in [5, 5.41) is 0. The predicted molar refractivity (Wildman–Crippen MR) is 63.6 cm³/mol. The van der Waals surface area contributed by atoms with E-state index in [1.165, 1.54) is 5.56 Å². The maximum atomic E-state index is 11.5. The second kappa shape index (κ2) is 3.70. The van der Waals surface area contributed by atoms with Gasteiger partial charge in [0, 0.05) is 16.9 Å². The molecule has 0 aliphatic rings. The average molecular weight is 267 g/mol. The van der Waals surface area contributed by atoms with Crippen molar-refractivity contribution in [1.82, 2.24) is 9.55 Å². The minimum absolute atomic E-state index is 0.123. The summed E-state index contributed by atoms with van der Waals surface area (Å²) in [5.74, 6) is 0. The van der Waals surface area contributed by atoms with Gasteiger partial charge in [-0.3, -0.25) is 4.57 Å². The molecule has 0 saturated carbocycles. The fraction of sp³-hybridized carbons (Fsp3) is 0.182. The van der Waals surface area contributed by atoms with Crippen LogP contribution in [0.4, 0.5) is 0 Å². The molecule has 0 fully saturated rings. The van der Waals surface area contributed by atoms with E-state index in [0.29, 0.717) is 0 Å². The Bertz CT molecular complexity index is 531. The van der Waals surface area contributed by atoms with Crippen LogP contribution in [0.3, 0.4) is 0 Å². The van der Waals surface area contributed by atoms with Gasteiger partial charge in [0.05, 0.1) is 5.69 Å². The standard InChI is InChI=1S/C11H11BrN2O/c1-7-5-8(2)10(9(12)6-7)14-4-3-13-11(14)15/h3-6H,1-2H3,(H,13,15). The highest BCUT2D eigenvalue weighted by molar-refractivity contribution is 9.10. The molecule has 0 radical (unpaired) electrons. The van der Waals surface area contributed by atoms with Crippen molar-refractivity contribution in [2.45, 2.75) is 13.8 Å². The van der Waals surface area contributed by atoms with E-state index in [1.54, 1.807) is 17.0 Å². The zero-order valence-corrected chi connectivity index (χ0v) is 10.1. The smallest absolute Gasteiger partial charge is 0.312 e. The van der Waals surface area contributed by atoms with E-state index >= 15 is 0 Å².